The Bertz CT molecular complexity index is 1320. The molecule has 0 spiro atoms. The molecule has 1 aromatic carbocycles. The summed E-state index contributed by atoms with van der Waals surface area (Å²) in [5, 5.41) is 12.8. The highest BCUT2D eigenvalue weighted by molar-refractivity contribution is 6.76. The molecule has 1 amide bonds. The fourth-order valence-corrected chi connectivity index (χ4v) is 5.70. The number of nitrogens with zero attached hydrogens (tertiary/aromatic N) is 6. The van der Waals surface area contributed by atoms with E-state index >= 15 is 0 Å². The number of carbonyl (C=O) groups excluding carboxylic acids is 1. The number of likely N-dealkylation sites (tertiary alicyclic amines) is 1. The Hall–Kier alpha value is -3.44. The molecule has 2 N–H and O–H groups in total. The van der Waals surface area contributed by atoms with Crippen LogP contribution in [0.25, 0.3) is 11.0 Å². The number of benzene rings is 1. The molecule has 1 fully saturated rings. The molecule has 0 aliphatic carbocycles. The number of aromatic nitrogens is 3. The normalized spacial score (nSPS) is 17.3. The second-order valence-corrected chi connectivity index (χ2v) is 16.8. The van der Waals surface area contributed by atoms with Crippen molar-refractivity contribution in [1.29, 1.82) is 0 Å². The first-order valence-electron chi connectivity index (χ1n) is 13.4. The van der Waals surface area contributed by atoms with Crippen LogP contribution in [0.5, 0.6) is 5.75 Å². The lowest BCUT2D eigenvalue weighted by Crippen LogP contribution is -2.55. The number of aliphatic imine (C=N–C) groups is 1. The number of hydrazine groups is 1. The monoisotopic (exact) mass is 535 g/mol. The van der Waals surface area contributed by atoms with Crippen LogP contribution in [-0.4, -0.2) is 70.1 Å². The average Bonchev–Trinajstić information content (AvgIpc) is 3.28. The minimum absolute atomic E-state index is 0.142. The number of hydrogen-bond donors (Lipinski definition) is 2. The van der Waals surface area contributed by atoms with Gasteiger partial charge in [-0.15, -0.1) is 0 Å². The van der Waals surface area contributed by atoms with Crippen molar-refractivity contribution in [2.45, 2.75) is 64.6 Å². The molecular formula is C27H37N7O3Si. The van der Waals surface area contributed by atoms with Crippen molar-refractivity contribution in [2.75, 3.05) is 24.7 Å². The van der Waals surface area contributed by atoms with Crippen molar-refractivity contribution >= 4 is 42.4 Å². The number of phenolic OH excluding ortho intramolecular Hbond substituents is 1. The topological polar surface area (TPSA) is 108 Å². The van der Waals surface area contributed by atoms with E-state index in [0.717, 1.165) is 53.6 Å². The molecule has 4 heterocycles. The quantitative estimate of drug-likeness (QED) is 0.328. The number of aromatic hydroxyl groups is 1. The molecule has 0 saturated carbocycles. The van der Waals surface area contributed by atoms with E-state index in [4.69, 9.17) is 14.7 Å². The van der Waals surface area contributed by atoms with Gasteiger partial charge in [-0.2, -0.15) is 0 Å². The fourth-order valence-electron chi connectivity index (χ4n) is 4.94. The maximum absolute atomic E-state index is 12.2. The summed E-state index contributed by atoms with van der Waals surface area (Å²) in [7, 11) is -1.19. The molecule has 11 heteroatoms. The van der Waals surface area contributed by atoms with Gasteiger partial charge in [-0.3, -0.25) is 15.2 Å². The molecule has 2 aromatic heterocycles. The number of phenols is 1. The van der Waals surface area contributed by atoms with Crippen LogP contribution in [0.3, 0.4) is 0 Å². The third kappa shape index (κ3) is 5.53. The maximum Gasteiger partial charge on any atom is 0.222 e. The summed E-state index contributed by atoms with van der Waals surface area (Å²) in [6.45, 7) is 11.5. The largest absolute Gasteiger partial charge is 0.508 e. The fraction of sp³-hybridized carbons (Fsp3) is 0.481. The van der Waals surface area contributed by atoms with Gasteiger partial charge in [0.25, 0.3) is 0 Å². The maximum atomic E-state index is 12.2. The van der Waals surface area contributed by atoms with E-state index in [1.54, 1.807) is 30.6 Å². The van der Waals surface area contributed by atoms with E-state index in [1.807, 2.05) is 22.6 Å². The minimum Gasteiger partial charge on any atom is -0.508 e. The second kappa shape index (κ2) is 10.7. The third-order valence-corrected chi connectivity index (χ3v) is 8.85. The summed E-state index contributed by atoms with van der Waals surface area (Å²) in [5.74, 6) is 1.90. The number of amidine groups is 1. The van der Waals surface area contributed by atoms with E-state index in [-0.39, 0.29) is 17.7 Å². The molecule has 38 heavy (non-hydrogen) atoms. The Morgan fingerprint density at radius 3 is 2.61 bits per heavy atom. The number of rotatable bonds is 8. The Morgan fingerprint density at radius 1 is 1.18 bits per heavy atom. The number of hydrogen-bond acceptors (Lipinski definition) is 7. The molecule has 0 bridgehead atoms. The predicted molar refractivity (Wildman–Crippen MR) is 151 cm³/mol. The molecule has 2 aliphatic heterocycles. The number of nitrogens with one attached hydrogen (secondary N) is 1. The standard InChI is InChI=1S/C27H37N7O3Si/c1-5-23(36)32-12-10-20(11-13-32)34-27-24-22(25(31-34)30-19-6-8-21(35)9-7-19)16-33(26(24)28-17-29-27)18-37-14-15-38(2,3)4/h6-9,16-17,20,35H,5,10-15,18H2,1-4H3,(H,30,31). The van der Waals surface area contributed by atoms with Crippen LogP contribution in [0.1, 0.15) is 31.7 Å². The van der Waals surface area contributed by atoms with Crippen molar-refractivity contribution in [1.82, 2.24) is 24.9 Å². The second-order valence-electron chi connectivity index (χ2n) is 11.2. The lowest BCUT2D eigenvalue weighted by atomic mass is 10.0. The first kappa shape index (κ1) is 26.2. The minimum atomic E-state index is -1.19. The Morgan fingerprint density at radius 2 is 1.92 bits per heavy atom. The van der Waals surface area contributed by atoms with Crippen LogP contribution in [0.2, 0.25) is 25.7 Å². The van der Waals surface area contributed by atoms with Gasteiger partial charge in [-0.25, -0.2) is 15.0 Å². The van der Waals surface area contributed by atoms with Crippen LogP contribution in [0.4, 0.5) is 11.5 Å². The number of carbonyl (C=O) groups is 1. The predicted octanol–water partition coefficient (Wildman–Crippen LogP) is 4.25. The SMILES string of the molecule is CCC(=O)N1CCC(N2NC(=Nc3ccc(O)cc3)c3cn(COCC[Si](C)(C)C)c4ncnc2c34)CC1. The van der Waals surface area contributed by atoms with Gasteiger partial charge in [0.1, 0.15) is 24.5 Å². The molecular weight excluding hydrogens is 498 g/mol. The summed E-state index contributed by atoms with van der Waals surface area (Å²) in [5.41, 5.74) is 5.98. The van der Waals surface area contributed by atoms with Gasteiger partial charge < -0.3 is 19.3 Å². The number of ether oxygens (including phenoxy) is 1. The van der Waals surface area contributed by atoms with Gasteiger partial charge in [-0.1, -0.05) is 26.6 Å². The van der Waals surface area contributed by atoms with Crippen molar-refractivity contribution in [3.8, 4) is 5.75 Å². The van der Waals surface area contributed by atoms with Crippen LogP contribution in [-0.2, 0) is 16.3 Å². The van der Waals surface area contributed by atoms with E-state index in [0.29, 0.717) is 32.1 Å². The average molecular weight is 536 g/mol. The molecule has 10 nitrogen and oxygen atoms in total. The van der Waals surface area contributed by atoms with Crippen molar-refractivity contribution in [3.63, 3.8) is 0 Å². The first-order valence-corrected chi connectivity index (χ1v) is 17.1. The third-order valence-electron chi connectivity index (χ3n) is 7.15. The summed E-state index contributed by atoms with van der Waals surface area (Å²) in [6.07, 6.45) is 5.81. The Labute approximate surface area is 224 Å². The molecule has 202 valence electrons. The van der Waals surface area contributed by atoms with Gasteiger partial charge in [-0.05, 0) is 43.2 Å². The van der Waals surface area contributed by atoms with Crippen LogP contribution in [0, 0.1) is 0 Å². The number of anilines is 1. The van der Waals surface area contributed by atoms with Gasteiger partial charge in [0.05, 0.1) is 17.1 Å². The lowest BCUT2D eigenvalue weighted by molar-refractivity contribution is -0.131. The molecule has 0 radical (unpaired) electrons. The number of piperidine rings is 1. The molecule has 3 aromatic rings. The van der Waals surface area contributed by atoms with Crippen molar-refractivity contribution < 1.29 is 14.6 Å². The van der Waals surface area contributed by atoms with Crippen LogP contribution < -0.4 is 10.4 Å². The summed E-state index contributed by atoms with van der Waals surface area (Å²) in [4.78, 5) is 28.4. The first-order chi connectivity index (χ1) is 18.2. The van der Waals surface area contributed by atoms with Gasteiger partial charge in [0.15, 0.2) is 11.7 Å². The summed E-state index contributed by atoms with van der Waals surface area (Å²) in [6, 6.07) is 8.07. The zero-order chi connectivity index (χ0) is 26.9. The summed E-state index contributed by atoms with van der Waals surface area (Å²) < 4.78 is 8.10. The lowest BCUT2D eigenvalue weighted by Gasteiger charge is -2.41. The molecule has 1 saturated heterocycles. The van der Waals surface area contributed by atoms with Gasteiger partial charge in [0.2, 0.25) is 5.91 Å². The van der Waals surface area contributed by atoms with Crippen LogP contribution >= 0.6 is 0 Å². The van der Waals surface area contributed by atoms with Gasteiger partial charge >= 0.3 is 0 Å². The van der Waals surface area contributed by atoms with Gasteiger partial charge in [0, 0.05) is 46.0 Å². The highest BCUT2D eigenvalue weighted by Crippen LogP contribution is 2.35. The van der Waals surface area contributed by atoms with Crippen molar-refractivity contribution in [2.24, 2.45) is 4.99 Å². The Balaban J connectivity index is 1.49. The molecule has 0 unspecified atom stereocenters. The summed E-state index contributed by atoms with van der Waals surface area (Å²) >= 11 is 0. The van der Waals surface area contributed by atoms with E-state index < -0.39 is 8.07 Å². The highest BCUT2D eigenvalue weighted by atomic mass is 28.3. The smallest absolute Gasteiger partial charge is 0.222 e. The zero-order valence-corrected chi connectivity index (χ0v) is 23.6. The molecule has 0 atom stereocenters. The van der Waals surface area contributed by atoms with E-state index in [1.165, 1.54) is 0 Å². The van der Waals surface area contributed by atoms with Crippen LogP contribution in [0.15, 0.2) is 41.8 Å². The highest BCUT2D eigenvalue weighted by Gasteiger charge is 2.34. The van der Waals surface area contributed by atoms with Crippen molar-refractivity contribution in [3.05, 3.63) is 42.4 Å². The van der Waals surface area contributed by atoms with E-state index in [9.17, 15) is 9.90 Å². The number of amides is 1. The molecule has 2 aliphatic rings. The zero-order valence-electron chi connectivity index (χ0n) is 22.6. The van der Waals surface area contributed by atoms with E-state index in [2.05, 4.69) is 35.1 Å². The molecule has 5 rings (SSSR count). The Kier molecular flexibility index (Phi) is 7.40.